The van der Waals surface area contributed by atoms with Gasteiger partial charge in [-0.05, 0) is 47.9 Å². The molecule has 1 fully saturated rings. The molecule has 0 spiro atoms. The topological polar surface area (TPSA) is 80.9 Å². The van der Waals surface area contributed by atoms with E-state index >= 15 is 0 Å². The summed E-state index contributed by atoms with van der Waals surface area (Å²) in [6.07, 6.45) is 11.3. The van der Waals surface area contributed by atoms with Crippen LogP contribution < -0.4 is 5.32 Å². The maximum Gasteiger partial charge on any atom is 0.229 e. The normalized spacial score (nSPS) is 21.1. The van der Waals surface area contributed by atoms with Crippen LogP contribution in [0.25, 0.3) is 21.3 Å². The van der Waals surface area contributed by atoms with Crippen molar-refractivity contribution in [1.82, 2.24) is 20.5 Å². The highest BCUT2D eigenvalue weighted by molar-refractivity contribution is 7.18. The maximum absolute atomic E-state index is 12.4. The number of rotatable bonds is 7. The Bertz CT molecular complexity index is 1390. The molecular weight excluding hydrogens is 444 g/mol. The second-order valence-electron chi connectivity index (χ2n) is 8.89. The average molecular weight is 469 g/mol. The molecule has 7 heteroatoms. The smallest absolute Gasteiger partial charge is 0.229 e. The molecule has 1 saturated carbocycles. The quantitative estimate of drug-likeness (QED) is 0.407. The Morgan fingerprint density at radius 1 is 1.06 bits per heavy atom. The Balaban J connectivity index is 1.06. The van der Waals surface area contributed by atoms with Crippen molar-refractivity contribution in [3.8, 4) is 11.1 Å². The number of nitrogens with zero attached hydrogens (tertiary/aromatic N) is 3. The summed E-state index contributed by atoms with van der Waals surface area (Å²) in [5, 5.41) is 12.2. The van der Waals surface area contributed by atoms with Crippen molar-refractivity contribution in [2.45, 2.75) is 31.7 Å². The molecule has 4 aromatic rings. The molecule has 0 aliphatic heterocycles. The molecule has 0 bridgehead atoms. The molecule has 34 heavy (non-hydrogen) atoms. The minimum Gasteiger partial charge on any atom is -0.424 e. The first kappa shape index (κ1) is 21.0. The highest BCUT2D eigenvalue weighted by Gasteiger charge is 2.42. The summed E-state index contributed by atoms with van der Waals surface area (Å²) >= 11 is 1.63. The van der Waals surface area contributed by atoms with E-state index in [9.17, 15) is 4.79 Å². The lowest BCUT2D eigenvalue weighted by molar-refractivity contribution is -0.121. The second-order valence-corrected chi connectivity index (χ2v) is 10.0. The van der Waals surface area contributed by atoms with E-state index in [4.69, 9.17) is 9.40 Å². The zero-order valence-electron chi connectivity index (χ0n) is 18.6. The van der Waals surface area contributed by atoms with Gasteiger partial charge in [0.05, 0.1) is 16.6 Å². The third-order valence-electron chi connectivity index (χ3n) is 6.41. The maximum atomic E-state index is 12.4. The molecule has 1 unspecified atom stereocenters. The first-order valence-corrected chi connectivity index (χ1v) is 12.4. The van der Waals surface area contributed by atoms with E-state index in [1.54, 1.807) is 11.3 Å². The lowest BCUT2D eigenvalue weighted by atomic mass is 9.95. The number of carbonyl (C=O) groups excluding carboxylic acids is 1. The van der Waals surface area contributed by atoms with Crippen molar-refractivity contribution in [2.24, 2.45) is 11.8 Å². The molecule has 1 amide bonds. The standard InChI is InChI=1S/C27H24N4O2S/c32-24(28-22-14-20(22)18-9-5-2-6-10-18)15-25-30-31-26(33-25)16-27-29-21-12-11-19(13-23(21)34-27)17-7-3-1-4-8-17/h1-9,11-13,18,20,22H,10,14-16H2,(H,28,32)/t18?,20-,22+/m1/s1. The van der Waals surface area contributed by atoms with Crippen LogP contribution >= 0.6 is 11.3 Å². The van der Waals surface area contributed by atoms with Gasteiger partial charge < -0.3 is 9.73 Å². The van der Waals surface area contributed by atoms with Crippen LogP contribution in [0.15, 0.2) is 77.3 Å². The summed E-state index contributed by atoms with van der Waals surface area (Å²) in [6.45, 7) is 0. The summed E-state index contributed by atoms with van der Waals surface area (Å²) in [5.41, 5.74) is 3.31. The van der Waals surface area contributed by atoms with Crippen molar-refractivity contribution in [3.63, 3.8) is 0 Å². The Morgan fingerprint density at radius 2 is 1.94 bits per heavy atom. The fourth-order valence-electron chi connectivity index (χ4n) is 4.58. The van der Waals surface area contributed by atoms with Crippen LogP contribution in [0, 0.1) is 11.8 Å². The first-order valence-electron chi connectivity index (χ1n) is 11.6. The number of benzene rings is 2. The number of aromatic nitrogens is 3. The van der Waals surface area contributed by atoms with Crippen molar-refractivity contribution in [2.75, 3.05) is 0 Å². The largest absolute Gasteiger partial charge is 0.424 e. The molecule has 0 saturated heterocycles. The molecule has 2 aliphatic carbocycles. The second kappa shape index (κ2) is 8.99. The van der Waals surface area contributed by atoms with E-state index < -0.39 is 0 Å². The van der Waals surface area contributed by atoms with Crippen LogP contribution in [-0.4, -0.2) is 27.1 Å². The van der Waals surface area contributed by atoms with Gasteiger partial charge in [-0.2, -0.15) is 0 Å². The van der Waals surface area contributed by atoms with Gasteiger partial charge in [0.1, 0.15) is 11.4 Å². The third kappa shape index (κ3) is 4.56. The van der Waals surface area contributed by atoms with Gasteiger partial charge >= 0.3 is 0 Å². The summed E-state index contributed by atoms with van der Waals surface area (Å²) < 4.78 is 6.88. The van der Waals surface area contributed by atoms with Crippen LogP contribution in [0.5, 0.6) is 0 Å². The lowest BCUT2D eigenvalue weighted by Crippen LogP contribution is -2.29. The van der Waals surface area contributed by atoms with Crippen molar-refractivity contribution < 1.29 is 9.21 Å². The van der Waals surface area contributed by atoms with Crippen LogP contribution in [0.2, 0.25) is 0 Å². The molecule has 2 aliphatic rings. The number of hydrogen-bond donors (Lipinski definition) is 1. The number of nitrogens with one attached hydrogen (secondary N) is 1. The fourth-order valence-corrected chi connectivity index (χ4v) is 5.58. The number of allylic oxidation sites excluding steroid dienone is 4. The van der Waals surface area contributed by atoms with E-state index in [1.165, 1.54) is 11.1 Å². The van der Waals surface area contributed by atoms with Gasteiger partial charge in [-0.25, -0.2) is 4.98 Å². The van der Waals surface area contributed by atoms with Crippen molar-refractivity contribution in [1.29, 1.82) is 0 Å². The summed E-state index contributed by atoms with van der Waals surface area (Å²) in [4.78, 5) is 17.2. The van der Waals surface area contributed by atoms with Crippen LogP contribution in [-0.2, 0) is 17.6 Å². The minimum atomic E-state index is -0.0635. The van der Waals surface area contributed by atoms with E-state index in [0.29, 0.717) is 30.0 Å². The predicted octanol–water partition coefficient (Wildman–Crippen LogP) is 5.12. The van der Waals surface area contributed by atoms with Gasteiger partial charge in [-0.1, -0.05) is 60.7 Å². The molecule has 3 atom stereocenters. The Labute approximate surface area is 201 Å². The van der Waals surface area contributed by atoms with E-state index in [-0.39, 0.29) is 18.4 Å². The van der Waals surface area contributed by atoms with E-state index in [1.807, 2.05) is 24.3 Å². The Kier molecular flexibility index (Phi) is 5.55. The summed E-state index contributed by atoms with van der Waals surface area (Å²) in [5.74, 6) is 1.82. The lowest BCUT2D eigenvalue weighted by Gasteiger charge is -2.12. The zero-order chi connectivity index (χ0) is 22.9. The number of fused-ring (bicyclic) bond motifs is 1. The highest BCUT2D eigenvalue weighted by atomic mass is 32.1. The minimum absolute atomic E-state index is 0.0635. The van der Waals surface area contributed by atoms with Gasteiger partial charge in [0.15, 0.2) is 0 Å². The predicted molar refractivity (Wildman–Crippen MR) is 132 cm³/mol. The summed E-state index contributed by atoms with van der Waals surface area (Å²) in [7, 11) is 0. The van der Waals surface area contributed by atoms with Gasteiger partial charge in [0, 0.05) is 6.04 Å². The Morgan fingerprint density at radius 3 is 2.79 bits per heavy atom. The molecule has 2 aromatic carbocycles. The summed E-state index contributed by atoms with van der Waals surface area (Å²) in [6, 6.07) is 16.9. The van der Waals surface area contributed by atoms with Gasteiger partial charge in [-0.3, -0.25) is 4.79 Å². The van der Waals surface area contributed by atoms with Gasteiger partial charge in [0.25, 0.3) is 0 Å². The molecular formula is C27H24N4O2S. The Hall–Kier alpha value is -3.58. The van der Waals surface area contributed by atoms with Gasteiger partial charge in [0.2, 0.25) is 17.7 Å². The zero-order valence-corrected chi connectivity index (χ0v) is 19.4. The van der Waals surface area contributed by atoms with E-state index in [2.05, 4.69) is 64.1 Å². The number of thiazole rings is 1. The third-order valence-corrected chi connectivity index (χ3v) is 7.43. The molecule has 0 radical (unpaired) electrons. The number of carbonyl (C=O) groups is 1. The van der Waals surface area contributed by atoms with Gasteiger partial charge in [-0.15, -0.1) is 21.5 Å². The average Bonchev–Trinajstić information content (AvgIpc) is 3.29. The fraction of sp³-hybridized carbons (Fsp3) is 0.259. The van der Waals surface area contributed by atoms with Crippen LogP contribution in [0.4, 0.5) is 0 Å². The van der Waals surface area contributed by atoms with E-state index in [0.717, 1.165) is 28.1 Å². The SMILES string of the molecule is O=C(Cc1nnc(Cc2nc3ccc(-c4ccccc4)cc3s2)o1)N[C@H]1C[C@@H]1C1C=CC=CC1. The molecule has 2 aromatic heterocycles. The van der Waals surface area contributed by atoms with Crippen LogP contribution in [0.3, 0.4) is 0 Å². The molecule has 170 valence electrons. The molecule has 1 N–H and O–H groups in total. The molecule has 6 rings (SSSR count). The highest BCUT2D eigenvalue weighted by Crippen LogP contribution is 2.41. The number of hydrogen-bond acceptors (Lipinski definition) is 6. The number of amides is 1. The first-order chi connectivity index (χ1) is 16.7. The monoisotopic (exact) mass is 468 g/mol. The molecule has 6 nitrogen and oxygen atoms in total. The van der Waals surface area contributed by atoms with Crippen molar-refractivity contribution >= 4 is 27.5 Å². The molecule has 2 heterocycles. The van der Waals surface area contributed by atoms with Crippen molar-refractivity contribution in [3.05, 3.63) is 89.6 Å². The van der Waals surface area contributed by atoms with Crippen LogP contribution in [0.1, 0.15) is 29.6 Å².